The van der Waals surface area contributed by atoms with Gasteiger partial charge in [-0.05, 0) is 82.2 Å². The van der Waals surface area contributed by atoms with Crippen LogP contribution in [0.15, 0.2) is 48.5 Å². The van der Waals surface area contributed by atoms with E-state index in [1.54, 1.807) is 6.07 Å². The third-order valence-corrected chi connectivity index (χ3v) is 6.05. The Labute approximate surface area is 196 Å². The molecule has 178 valence electrons. The smallest absolute Gasteiger partial charge is 0.268 e. The van der Waals surface area contributed by atoms with Crippen LogP contribution >= 0.6 is 0 Å². The Hall–Kier alpha value is -2.86. The minimum Gasteiger partial charge on any atom is -0.493 e. The maximum absolute atomic E-state index is 13.8. The number of hydrogen-bond donors (Lipinski definition) is 1. The third kappa shape index (κ3) is 6.35. The number of carbonyl (C=O) groups excluding carboxylic acids is 1. The predicted molar refractivity (Wildman–Crippen MR) is 133 cm³/mol. The van der Waals surface area contributed by atoms with Gasteiger partial charge in [0, 0.05) is 18.0 Å². The van der Waals surface area contributed by atoms with Crippen molar-refractivity contribution < 1.29 is 13.9 Å². The monoisotopic (exact) mass is 453 g/mol. The zero-order valence-corrected chi connectivity index (χ0v) is 20.2. The second kappa shape index (κ2) is 11.8. The molecule has 0 saturated heterocycles. The largest absolute Gasteiger partial charge is 0.493 e. The summed E-state index contributed by atoms with van der Waals surface area (Å²) in [5.74, 6) is 0.335. The van der Waals surface area contributed by atoms with E-state index in [1.165, 1.54) is 12.1 Å². The number of hydrogen-bond acceptors (Lipinski definition) is 3. The molecule has 1 aromatic heterocycles. The summed E-state index contributed by atoms with van der Waals surface area (Å²) in [6, 6.07) is 14.3. The topological polar surface area (TPSA) is 46.5 Å². The second-order valence-corrected chi connectivity index (χ2v) is 8.41. The molecule has 5 nitrogen and oxygen atoms in total. The first-order valence-electron chi connectivity index (χ1n) is 12.0. The molecule has 1 atom stereocenters. The fraction of sp³-hybridized carbons (Fsp3) is 0.444. The quantitative estimate of drug-likeness (QED) is 0.396. The number of fused-ring (bicyclic) bond motifs is 1. The van der Waals surface area contributed by atoms with Crippen LogP contribution in [0.1, 0.15) is 56.6 Å². The van der Waals surface area contributed by atoms with E-state index in [2.05, 4.69) is 24.1 Å². The van der Waals surface area contributed by atoms with Gasteiger partial charge in [0.25, 0.3) is 5.91 Å². The van der Waals surface area contributed by atoms with Gasteiger partial charge in [-0.3, -0.25) is 4.79 Å². The van der Waals surface area contributed by atoms with Crippen molar-refractivity contribution in [1.82, 2.24) is 14.8 Å². The van der Waals surface area contributed by atoms with Crippen molar-refractivity contribution in [3.8, 4) is 5.75 Å². The fourth-order valence-corrected chi connectivity index (χ4v) is 4.25. The number of carbonyl (C=O) groups is 1. The molecule has 0 saturated carbocycles. The van der Waals surface area contributed by atoms with E-state index in [1.807, 2.05) is 48.7 Å². The summed E-state index contributed by atoms with van der Waals surface area (Å²) in [6.07, 6.45) is 1.94. The molecule has 1 N–H and O–H groups in total. The molecule has 3 rings (SSSR count). The average molecular weight is 454 g/mol. The molecule has 33 heavy (non-hydrogen) atoms. The normalized spacial score (nSPS) is 12.3. The lowest BCUT2D eigenvalue weighted by Gasteiger charge is -2.20. The van der Waals surface area contributed by atoms with E-state index in [-0.39, 0.29) is 17.8 Å². The van der Waals surface area contributed by atoms with Gasteiger partial charge in [-0.2, -0.15) is 0 Å². The standard InChI is InChI=1S/C27H36FN3O2/c1-5-30(6-2)16-10-11-20(4)29-27(32)25-18-23-24(14-9-15-26(23)33-7-3)31(25)19-21-12-8-13-22(28)17-21/h8-9,12-15,17-18,20H,5-7,10-11,16,19H2,1-4H3,(H,29,32). The first kappa shape index (κ1) is 24.8. The van der Waals surface area contributed by atoms with Crippen molar-refractivity contribution in [2.75, 3.05) is 26.2 Å². The Morgan fingerprint density at radius 1 is 1.12 bits per heavy atom. The lowest BCUT2D eigenvalue weighted by molar-refractivity contribution is 0.0928. The van der Waals surface area contributed by atoms with E-state index < -0.39 is 0 Å². The van der Waals surface area contributed by atoms with Gasteiger partial charge in [0.15, 0.2) is 0 Å². The molecule has 0 radical (unpaired) electrons. The molecule has 0 aliphatic heterocycles. The van der Waals surface area contributed by atoms with E-state index in [0.29, 0.717) is 18.8 Å². The summed E-state index contributed by atoms with van der Waals surface area (Å²) in [6.45, 7) is 12.4. The summed E-state index contributed by atoms with van der Waals surface area (Å²) in [5, 5.41) is 4.05. The maximum atomic E-state index is 13.8. The van der Waals surface area contributed by atoms with Crippen molar-refractivity contribution in [2.24, 2.45) is 0 Å². The molecule has 0 aliphatic rings. The number of rotatable bonds is 12. The van der Waals surface area contributed by atoms with Crippen molar-refractivity contribution in [2.45, 2.75) is 53.1 Å². The molecule has 0 bridgehead atoms. The van der Waals surface area contributed by atoms with Crippen LogP contribution in [0.3, 0.4) is 0 Å². The predicted octanol–water partition coefficient (Wildman–Crippen LogP) is 5.47. The number of ether oxygens (including phenoxy) is 1. The van der Waals surface area contributed by atoms with Gasteiger partial charge in [0.1, 0.15) is 17.3 Å². The highest BCUT2D eigenvalue weighted by Gasteiger charge is 2.20. The molecular weight excluding hydrogens is 417 g/mol. The summed E-state index contributed by atoms with van der Waals surface area (Å²) in [4.78, 5) is 15.7. The molecule has 1 unspecified atom stereocenters. The van der Waals surface area contributed by atoms with Crippen molar-refractivity contribution >= 4 is 16.8 Å². The van der Waals surface area contributed by atoms with Gasteiger partial charge in [-0.15, -0.1) is 0 Å². The Morgan fingerprint density at radius 3 is 2.58 bits per heavy atom. The molecule has 0 aliphatic carbocycles. The zero-order valence-electron chi connectivity index (χ0n) is 20.2. The minimum atomic E-state index is -0.285. The van der Waals surface area contributed by atoms with Gasteiger partial charge >= 0.3 is 0 Å². The lowest BCUT2D eigenvalue weighted by atomic mass is 10.1. The van der Waals surface area contributed by atoms with Crippen LogP contribution in [-0.4, -0.2) is 47.7 Å². The van der Waals surface area contributed by atoms with Crippen LogP contribution in [0.4, 0.5) is 4.39 Å². The van der Waals surface area contributed by atoms with Crippen molar-refractivity contribution in [3.63, 3.8) is 0 Å². The van der Waals surface area contributed by atoms with E-state index in [9.17, 15) is 9.18 Å². The zero-order chi connectivity index (χ0) is 23.8. The fourth-order valence-electron chi connectivity index (χ4n) is 4.25. The molecule has 6 heteroatoms. The maximum Gasteiger partial charge on any atom is 0.268 e. The van der Waals surface area contributed by atoms with Crippen LogP contribution in [0, 0.1) is 5.82 Å². The summed E-state index contributed by atoms with van der Waals surface area (Å²) in [5.41, 5.74) is 2.25. The van der Waals surface area contributed by atoms with Crippen LogP contribution < -0.4 is 10.1 Å². The second-order valence-electron chi connectivity index (χ2n) is 8.41. The molecule has 3 aromatic rings. The van der Waals surface area contributed by atoms with Gasteiger partial charge < -0.3 is 19.5 Å². The van der Waals surface area contributed by atoms with Gasteiger partial charge in [-0.1, -0.05) is 32.0 Å². The Morgan fingerprint density at radius 2 is 1.88 bits per heavy atom. The number of amides is 1. The number of aromatic nitrogens is 1. The van der Waals surface area contributed by atoms with Gasteiger partial charge in [0.2, 0.25) is 0 Å². The highest BCUT2D eigenvalue weighted by atomic mass is 19.1. The third-order valence-electron chi connectivity index (χ3n) is 6.05. The molecule has 0 spiro atoms. The van der Waals surface area contributed by atoms with E-state index in [0.717, 1.165) is 54.7 Å². The average Bonchev–Trinajstić information content (AvgIpc) is 3.16. The Kier molecular flexibility index (Phi) is 8.89. The summed E-state index contributed by atoms with van der Waals surface area (Å²) < 4.78 is 21.6. The van der Waals surface area contributed by atoms with Crippen LogP contribution in [-0.2, 0) is 6.54 Å². The van der Waals surface area contributed by atoms with Crippen LogP contribution in [0.2, 0.25) is 0 Å². The van der Waals surface area contributed by atoms with Crippen LogP contribution in [0.25, 0.3) is 10.9 Å². The Bertz CT molecular complexity index is 1060. The molecular formula is C27H36FN3O2. The highest BCUT2D eigenvalue weighted by Crippen LogP contribution is 2.30. The SMILES string of the molecule is CCOc1cccc2c1cc(C(=O)NC(C)CCCN(CC)CC)n2Cc1cccc(F)c1. The first-order valence-corrected chi connectivity index (χ1v) is 12.0. The number of nitrogens with zero attached hydrogens (tertiary/aromatic N) is 2. The van der Waals surface area contributed by atoms with E-state index >= 15 is 0 Å². The number of halogens is 1. The highest BCUT2D eigenvalue weighted by molar-refractivity contribution is 6.00. The lowest BCUT2D eigenvalue weighted by Crippen LogP contribution is -2.34. The van der Waals surface area contributed by atoms with Crippen molar-refractivity contribution in [1.29, 1.82) is 0 Å². The molecule has 2 aromatic carbocycles. The van der Waals surface area contributed by atoms with Crippen molar-refractivity contribution in [3.05, 3.63) is 65.6 Å². The molecule has 1 amide bonds. The molecule has 1 heterocycles. The van der Waals surface area contributed by atoms with Gasteiger partial charge in [-0.25, -0.2) is 4.39 Å². The summed E-state index contributed by atoms with van der Waals surface area (Å²) in [7, 11) is 0. The number of benzene rings is 2. The Balaban J connectivity index is 1.85. The van der Waals surface area contributed by atoms with Crippen LogP contribution in [0.5, 0.6) is 5.75 Å². The number of nitrogens with one attached hydrogen (secondary N) is 1. The molecule has 0 fully saturated rings. The summed E-state index contributed by atoms with van der Waals surface area (Å²) >= 11 is 0. The van der Waals surface area contributed by atoms with E-state index in [4.69, 9.17) is 4.74 Å². The van der Waals surface area contributed by atoms with Gasteiger partial charge in [0.05, 0.1) is 12.1 Å². The first-order chi connectivity index (χ1) is 16.0. The minimum absolute atomic E-state index is 0.0556.